The van der Waals surface area contributed by atoms with Gasteiger partial charge in [-0.15, -0.1) is 0 Å². The fraction of sp³-hybridized carbons (Fsp3) is 0.273. The Hall–Kier alpha value is -3.28. The minimum absolute atomic E-state index is 0.146. The topological polar surface area (TPSA) is 79.8 Å². The van der Waals surface area contributed by atoms with Crippen LogP contribution in [0.25, 0.3) is 11.4 Å². The smallest absolute Gasteiger partial charge is 0.270 e. The van der Waals surface area contributed by atoms with Gasteiger partial charge in [0.15, 0.2) is 5.82 Å². The van der Waals surface area contributed by atoms with Crippen LogP contribution in [0.5, 0.6) is 0 Å². The Labute approximate surface area is 164 Å². The molecule has 0 bridgehead atoms. The molecule has 1 amide bonds. The molecule has 0 saturated heterocycles. The van der Waals surface area contributed by atoms with E-state index in [9.17, 15) is 4.79 Å². The summed E-state index contributed by atoms with van der Waals surface area (Å²) in [5, 5.41) is 6.37. The molecule has 142 valence electrons. The van der Waals surface area contributed by atoms with Crippen LogP contribution in [0.2, 0.25) is 0 Å². The Kier molecular flexibility index (Phi) is 5.56. The highest BCUT2D eigenvalue weighted by Gasteiger charge is 2.20. The van der Waals surface area contributed by atoms with E-state index in [0.717, 1.165) is 24.1 Å². The Balaban J connectivity index is 1.59. The molecular weight excluding hydrogens is 350 g/mol. The molecule has 3 aromatic rings. The molecule has 1 aromatic carbocycles. The van der Waals surface area contributed by atoms with Gasteiger partial charge in [0, 0.05) is 23.9 Å². The van der Waals surface area contributed by atoms with Crippen LogP contribution < -0.4 is 10.6 Å². The number of nitrogens with zero attached hydrogens (tertiary/aromatic N) is 3. The number of rotatable bonds is 6. The van der Waals surface area contributed by atoms with Gasteiger partial charge in [-0.25, -0.2) is 9.97 Å². The zero-order valence-electron chi connectivity index (χ0n) is 15.6. The van der Waals surface area contributed by atoms with Gasteiger partial charge in [-0.05, 0) is 25.0 Å². The van der Waals surface area contributed by atoms with Gasteiger partial charge in [-0.1, -0.05) is 49.2 Å². The first-order valence-electron chi connectivity index (χ1n) is 9.67. The Morgan fingerprint density at radius 2 is 1.79 bits per heavy atom. The summed E-state index contributed by atoms with van der Waals surface area (Å²) in [6, 6.07) is 17.4. The zero-order chi connectivity index (χ0) is 19.2. The number of carbonyl (C=O) groups is 1. The van der Waals surface area contributed by atoms with Crippen LogP contribution in [0.1, 0.15) is 41.9 Å². The lowest BCUT2D eigenvalue weighted by Crippen LogP contribution is -2.33. The molecule has 0 radical (unpaired) electrons. The van der Waals surface area contributed by atoms with Gasteiger partial charge in [0.1, 0.15) is 11.5 Å². The van der Waals surface area contributed by atoms with E-state index >= 15 is 0 Å². The number of benzene rings is 1. The molecule has 0 spiro atoms. The van der Waals surface area contributed by atoms with E-state index in [-0.39, 0.29) is 11.9 Å². The molecule has 1 saturated carbocycles. The van der Waals surface area contributed by atoms with Crippen LogP contribution in [0.15, 0.2) is 60.8 Å². The second kappa shape index (κ2) is 8.61. The molecule has 2 aromatic heterocycles. The van der Waals surface area contributed by atoms with Crippen molar-refractivity contribution in [3.8, 4) is 11.4 Å². The van der Waals surface area contributed by atoms with Gasteiger partial charge < -0.3 is 10.6 Å². The van der Waals surface area contributed by atoms with Crippen molar-refractivity contribution in [3.05, 3.63) is 72.2 Å². The average molecular weight is 373 g/mol. The first-order valence-corrected chi connectivity index (χ1v) is 9.67. The normalized spacial score (nSPS) is 14.0. The molecule has 1 fully saturated rings. The third-order valence-electron chi connectivity index (χ3n) is 4.86. The number of carbonyl (C=O) groups excluding carboxylic acids is 1. The standard InChI is InChI=1S/C22H23N5O/c28-22(25-17-10-4-5-11-17)19-14-20(24-15-18-12-6-7-13-23-18)27-21(26-19)16-8-2-1-3-9-16/h1-3,6-9,12-14,17H,4-5,10-11,15H2,(H,25,28)(H,24,26,27). The maximum absolute atomic E-state index is 12.8. The van der Waals surface area contributed by atoms with Crippen molar-refractivity contribution in [2.45, 2.75) is 38.3 Å². The van der Waals surface area contributed by atoms with Crippen molar-refractivity contribution in [2.75, 3.05) is 5.32 Å². The van der Waals surface area contributed by atoms with E-state index in [0.29, 0.717) is 23.9 Å². The van der Waals surface area contributed by atoms with Crippen molar-refractivity contribution in [1.82, 2.24) is 20.3 Å². The number of hydrogen-bond donors (Lipinski definition) is 2. The third-order valence-corrected chi connectivity index (χ3v) is 4.86. The minimum atomic E-state index is -0.146. The van der Waals surface area contributed by atoms with Crippen molar-refractivity contribution >= 4 is 11.7 Å². The Morgan fingerprint density at radius 3 is 2.54 bits per heavy atom. The summed E-state index contributed by atoms with van der Waals surface area (Å²) >= 11 is 0. The summed E-state index contributed by atoms with van der Waals surface area (Å²) in [4.78, 5) is 26.2. The Morgan fingerprint density at radius 1 is 1.00 bits per heavy atom. The second-order valence-electron chi connectivity index (χ2n) is 6.96. The van der Waals surface area contributed by atoms with Gasteiger partial charge in [-0.3, -0.25) is 9.78 Å². The summed E-state index contributed by atoms with van der Waals surface area (Å²) in [5.74, 6) is 0.992. The molecular formula is C22H23N5O. The van der Waals surface area contributed by atoms with Gasteiger partial charge in [-0.2, -0.15) is 0 Å². The predicted octanol–water partition coefficient (Wildman–Crippen LogP) is 3.82. The van der Waals surface area contributed by atoms with Gasteiger partial charge in [0.05, 0.1) is 12.2 Å². The highest BCUT2D eigenvalue weighted by Crippen LogP contribution is 2.20. The summed E-state index contributed by atoms with van der Waals surface area (Å²) in [7, 11) is 0. The quantitative estimate of drug-likeness (QED) is 0.687. The fourth-order valence-corrected chi connectivity index (χ4v) is 3.38. The van der Waals surface area contributed by atoms with Crippen molar-refractivity contribution in [3.63, 3.8) is 0 Å². The fourth-order valence-electron chi connectivity index (χ4n) is 3.38. The molecule has 0 unspecified atom stereocenters. The molecule has 2 heterocycles. The maximum atomic E-state index is 12.8. The van der Waals surface area contributed by atoms with E-state index in [1.807, 2.05) is 48.5 Å². The highest BCUT2D eigenvalue weighted by atomic mass is 16.1. The third kappa shape index (κ3) is 4.52. The van der Waals surface area contributed by atoms with Gasteiger partial charge >= 0.3 is 0 Å². The monoisotopic (exact) mass is 373 g/mol. The van der Waals surface area contributed by atoms with Gasteiger partial charge in [0.25, 0.3) is 5.91 Å². The molecule has 2 N–H and O–H groups in total. The molecule has 6 nitrogen and oxygen atoms in total. The first kappa shape index (κ1) is 18.1. The van der Waals surface area contributed by atoms with Crippen LogP contribution in [-0.2, 0) is 6.54 Å². The molecule has 28 heavy (non-hydrogen) atoms. The second-order valence-corrected chi connectivity index (χ2v) is 6.96. The summed E-state index contributed by atoms with van der Waals surface area (Å²) in [6.45, 7) is 0.524. The van der Waals surface area contributed by atoms with Crippen LogP contribution in [0, 0.1) is 0 Å². The van der Waals surface area contributed by atoms with E-state index in [2.05, 4.69) is 25.6 Å². The van der Waals surface area contributed by atoms with E-state index in [1.54, 1.807) is 12.3 Å². The zero-order valence-corrected chi connectivity index (χ0v) is 15.6. The number of anilines is 1. The average Bonchev–Trinajstić information content (AvgIpc) is 3.26. The minimum Gasteiger partial charge on any atom is -0.364 e. The highest BCUT2D eigenvalue weighted by molar-refractivity contribution is 5.93. The SMILES string of the molecule is O=C(NC1CCCC1)c1cc(NCc2ccccn2)nc(-c2ccccc2)n1. The van der Waals surface area contributed by atoms with Crippen LogP contribution in [0.4, 0.5) is 5.82 Å². The molecule has 4 rings (SSSR count). The molecule has 0 atom stereocenters. The molecule has 0 aliphatic heterocycles. The van der Waals surface area contributed by atoms with Crippen LogP contribution in [0.3, 0.4) is 0 Å². The van der Waals surface area contributed by atoms with Crippen LogP contribution in [-0.4, -0.2) is 26.9 Å². The number of nitrogens with one attached hydrogen (secondary N) is 2. The summed E-state index contributed by atoms with van der Waals surface area (Å²) < 4.78 is 0. The summed E-state index contributed by atoms with van der Waals surface area (Å²) in [5.41, 5.74) is 2.16. The van der Waals surface area contributed by atoms with E-state index in [1.165, 1.54) is 12.8 Å². The summed E-state index contributed by atoms with van der Waals surface area (Å²) in [6.07, 6.45) is 6.16. The first-order chi connectivity index (χ1) is 13.8. The maximum Gasteiger partial charge on any atom is 0.270 e. The number of amides is 1. The van der Waals surface area contributed by atoms with Crippen molar-refractivity contribution in [1.29, 1.82) is 0 Å². The lowest BCUT2D eigenvalue weighted by Gasteiger charge is -2.13. The Bertz CT molecular complexity index is 924. The number of aromatic nitrogens is 3. The van der Waals surface area contributed by atoms with Crippen molar-refractivity contribution < 1.29 is 4.79 Å². The molecule has 1 aliphatic carbocycles. The number of hydrogen-bond acceptors (Lipinski definition) is 5. The molecule has 6 heteroatoms. The van der Waals surface area contributed by atoms with E-state index in [4.69, 9.17) is 0 Å². The number of pyridine rings is 1. The van der Waals surface area contributed by atoms with E-state index < -0.39 is 0 Å². The predicted molar refractivity (Wildman–Crippen MR) is 109 cm³/mol. The van der Waals surface area contributed by atoms with Crippen molar-refractivity contribution in [2.24, 2.45) is 0 Å². The van der Waals surface area contributed by atoms with Crippen LogP contribution >= 0.6 is 0 Å². The largest absolute Gasteiger partial charge is 0.364 e. The lowest BCUT2D eigenvalue weighted by molar-refractivity contribution is 0.0933. The molecule has 1 aliphatic rings. The van der Waals surface area contributed by atoms with Gasteiger partial charge in [0.2, 0.25) is 0 Å². The lowest BCUT2D eigenvalue weighted by atomic mass is 10.2.